The molecule has 2 aromatic rings. The van der Waals surface area contributed by atoms with Crippen molar-refractivity contribution in [3.63, 3.8) is 0 Å². The summed E-state index contributed by atoms with van der Waals surface area (Å²) in [6.45, 7) is 2.37. The molecule has 1 aromatic heterocycles. The number of aliphatic hydroxyl groups is 1. The first kappa shape index (κ1) is 15.8. The third-order valence-corrected chi connectivity index (χ3v) is 4.13. The summed E-state index contributed by atoms with van der Waals surface area (Å²) in [5, 5.41) is 14.9. The number of benzene rings is 1. The smallest absolute Gasteiger partial charge is 0.251 e. The summed E-state index contributed by atoms with van der Waals surface area (Å²) in [7, 11) is 0. The van der Waals surface area contributed by atoms with Gasteiger partial charge in [0.05, 0.1) is 10.9 Å². The molecule has 0 saturated heterocycles. The molecule has 0 aliphatic heterocycles. The Labute approximate surface area is 132 Å². The summed E-state index contributed by atoms with van der Waals surface area (Å²) in [6, 6.07) is 10.8. The van der Waals surface area contributed by atoms with Gasteiger partial charge in [-0.1, -0.05) is 11.6 Å². The van der Waals surface area contributed by atoms with Crippen LogP contribution in [0.4, 0.5) is 5.69 Å². The normalized spacial score (nSPS) is 12.0. The number of thiophene rings is 1. The maximum atomic E-state index is 11.9. The summed E-state index contributed by atoms with van der Waals surface area (Å²) in [5.74, 6) is -0.187. The average molecular weight is 325 g/mol. The van der Waals surface area contributed by atoms with Gasteiger partial charge in [0.15, 0.2) is 0 Å². The van der Waals surface area contributed by atoms with E-state index in [1.165, 1.54) is 11.3 Å². The summed E-state index contributed by atoms with van der Waals surface area (Å²) in [5.41, 5.74) is 1.51. The molecule has 112 valence electrons. The van der Waals surface area contributed by atoms with Crippen LogP contribution in [0.2, 0.25) is 4.34 Å². The number of carbonyl (C=O) groups excluding carboxylic acids is 1. The number of carbonyl (C=O) groups is 1. The molecule has 1 aromatic carbocycles. The van der Waals surface area contributed by atoms with Gasteiger partial charge in [0.25, 0.3) is 5.91 Å². The summed E-state index contributed by atoms with van der Waals surface area (Å²) < 4.78 is 0.775. The Kier molecular flexibility index (Phi) is 5.61. The Morgan fingerprint density at radius 1 is 1.29 bits per heavy atom. The number of nitrogens with one attached hydrogen (secondary N) is 2. The van der Waals surface area contributed by atoms with E-state index in [9.17, 15) is 4.79 Å². The lowest BCUT2D eigenvalue weighted by molar-refractivity contribution is 0.0922. The molecule has 0 saturated carbocycles. The lowest BCUT2D eigenvalue weighted by atomic mass is 10.2. The molecule has 1 amide bonds. The molecule has 0 fully saturated rings. The maximum Gasteiger partial charge on any atom is 0.251 e. The zero-order valence-corrected chi connectivity index (χ0v) is 13.2. The van der Waals surface area contributed by atoms with Crippen LogP contribution >= 0.6 is 22.9 Å². The molecule has 1 unspecified atom stereocenters. The Hall–Kier alpha value is -1.56. The second kappa shape index (κ2) is 7.45. The number of anilines is 1. The van der Waals surface area contributed by atoms with Crippen LogP contribution in [0.1, 0.15) is 22.2 Å². The van der Waals surface area contributed by atoms with Gasteiger partial charge in [-0.15, -0.1) is 11.3 Å². The molecule has 0 spiro atoms. The Balaban J connectivity index is 1.91. The van der Waals surface area contributed by atoms with Crippen LogP contribution in [-0.4, -0.2) is 23.7 Å². The molecule has 21 heavy (non-hydrogen) atoms. The van der Waals surface area contributed by atoms with Gasteiger partial charge in [-0.3, -0.25) is 4.79 Å². The van der Waals surface area contributed by atoms with Gasteiger partial charge >= 0.3 is 0 Å². The van der Waals surface area contributed by atoms with Crippen molar-refractivity contribution in [2.45, 2.75) is 19.5 Å². The van der Waals surface area contributed by atoms with Crippen LogP contribution in [-0.2, 0) is 6.54 Å². The number of hydrogen-bond acceptors (Lipinski definition) is 4. The molecule has 1 heterocycles. The van der Waals surface area contributed by atoms with Crippen molar-refractivity contribution in [1.29, 1.82) is 0 Å². The van der Waals surface area contributed by atoms with Gasteiger partial charge in [-0.05, 0) is 43.3 Å². The van der Waals surface area contributed by atoms with Crippen LogP contribution in [0.5, 0.6) is 0 Å². The van der Waals surface area contributed by atoms with Crippen molar-refractivity contribution in [3.8, 4) is 0 Å². The van der Waals surface area contributed by atoms with Crippen molar-refractivity contribution < 1.29 is 9.90 Å². The van der Waals surface area contributed by atoms with E-state index < -0.39 is 0 Å². The third-order valence-electron chi connectivity index (χ3n) is 2.89. The minimum Gasteiger partial charge on any atom is -0.394 e. The van der Waals surface area contributed by atoms with Gasteiger partial charge in [0, 0.05) is 28.7 Å². The van der Waals surface area contributed by atoms with Gasteiger partial charge in [0.1, 0.15) is 0 Å². The van der Waals surface area contributed by atoms with E-state index in [2.05, 4.69) is 10.6 Å². The molecule has 1 atom stereocenters. The topological polar surface area (TPSA) is 61.4 Å². The lowest BCUT2D eigenvalue weighted by Gasteiger charge is -2.11. The van der Waals surface area contributed by atoms with Gasteiger partial charge in [-0.25, -0.2) is 0 Å². The third kappa shape index (κ3) is 4.74. The fraction of sp³-hybridized carbons (Fsp3) is 0.267. The monoisotopic (exact) mass is 324 g/mol. The van der Waals surface area contributed by atoms with Crippen molar-refractivity contribution in [2.24, 2.45) is 0 Å². The van der Waals surface area contributed by atoms with Crippen LogP contribution in [0, 0.1) is 0 Å². The predicted octanol–water partition coefficient (Wildman–Crippen LogP) is 3.12. The first-order valence-electron chi connectivity index (χ1n) is 6.58. The number of halogens is 1. The number of rotatable bonds is 6. The fourth-order valence-electron chi connectivity index (χ4n) is 1.73. The molecule has 0 aliphatic carbocycles. The Morgan fingerprint density at radius 2 is 2.00 bits per heavy atom. The second-order valence-electron chi connectivity index (χ2n) is 4.69. The van der Waals surface area contributed by atoms with Crippen LogP contribution < -0.4 is 10.6 Å². The molecule has 0 aliphatic rings. The Morgan fingerprint density at radius 3 is 2.57 bits per heavy atom. The minimum atomic E-state index is -0.251. The van der Waals surface area contributed by atoms with E-state index in [4.69, 9.17) is 16.7 Å². The van der Waals surface area contributed by atoms with E-state index >= 15 is 0 Å². The molecule has 0 radical (unpaired) electrons. The molecule has 4 nitrogen and oxygen atoms in total. The SMILES string of the molecule is CC(CO)NC(=O)c1ccc(NCc2ccc(Cl)s2)cc1. The molecule has 6 heteroatoms. The van der Waals surface area contributed by atoms with Crippen molar-refractivity contribution >= 4 is 34.5 Å². The second-order valence-corrected chi connectivity index (χ2v) is 6.49. The number of aliphatic hydroxyl groups excluding tert-OH is 1. The molecule has 0 bridgehead atoms. The van der Waals surface area contributed by atoms with Crippen LogP contribution in [0.25, 0.3) is 0 Å². The van der Waals surface area contributed by atoms with E-state index in [0.717, 1.165) is 14.9 Å². The van der Waals surface area contributed by atoms with Crippen molar-refractivity contribution in [1.82, 2.24) is 5.32 Å². The highest BCUT2D eigenvalue weighted by Crippen LogP contribution is 2.22. The lowest BCUT2D eigenvalue weighted by Crippen LogP contribution is -2.34. The standard InChI is InChI=1S/C15H17ClN2O2S/c1-10(9-19)18-15(20)11-2-4-12(5-3-11)17-8-13-6-7-14(16)21-13/h2-7,10,17,19H,8-9H2,1H3,(H,18,20). The molecule has 3 N–H and O–H groups in total. The van der Waals surface area contributed by atoms with Crippen molar-refractivity contribution in [3.05, 3.63) is 51.2 Å². The van der Waals surface area contributed by atoms with Gasteiger partial charge in [0.2, 0.25) is 0 Å². The van der Waals surface area contributed by atoms with Crippen molar-refractivity contribution in [2.75, 3.05) is 11.9 Å². The largest absolute Gasteiger partial charge is 0.394 e. The Bertz CT molecular complexity index is 598. The molecular weight excluding hydrogens is 308 g/mol. The molecule has 2 rings (SSSR count). The number of amides is 1. The van der Waals surface area contributed by atoms with Gasteiger partial charge in [-0.2, -0.15) is 0 Å². The first-order valence-corrected chi connectivity index (χ1v) is 7.78. The minimum absolute atomic E-state index is 0.0747. The van der Waals surface area contributed by atoms with E-state index in [-0.39, 0.29) is 18.6 Å². The first-order chi connectivity index (χ1) is 10.1. The summed E-state index contributed by atoms with van der Waals surface area (Å²) in [4.78, 5) is 13.0. The highest BCUT2D eigenvalue weighted by atomic mass is 35.5. The van der Waals surface area contributed by atoms with E-state index in [1.54, 1.807) is 19.1 Å². The van der Waals surface area contributed by atoms with E-state index in [1.807, 2.05) is 24.3 Å². The predicted molar refractivity (Wildman–Crippen MR) is 87.1 cm³/mol. The summed E-state index contributed by atoms with van der Waals surface area (Å²) >= 11 is 7.42. The summed E-state index contributed by atoms with van der Waals surface area (Å²) in [6.07, 6.45) is 0. The van der Waals surface area contributed by atoms with E-state index in [0.29, 0.717) is 12.1 Å². The highest BCUT2D eigenvalue weighted by molar-refractivity contribution is 7.16. The van der Waals surface area contributed by atoms with Crippen LogP contribution in [0.15, 0.2) is 36.4 Å². The fourth-order valence-corrected chi connectivity index (χ4v) is 2.76. The zero-order valence-electron chi connectivity index (χ0n) is 11.6. The average Bonchev–Trinajstić information content (AvgIpc) is 2.91. The number of hydrogen-bond donors (Lipinski definition) is 3. The zero-order chi connectivity index (χ0) is 15.2. The maximum absolute atomic E-state index is 11.9. The highest BCUT2D eigenvalue weighted by Gasteiger charge is 2.08. The van der Waals surface area contributed by atoms with Crippen LogP contribution in [0.3, 0.4) is 0 Å². The van der Waals surface area contributed by atoms with Gasteiger partial charge < -0.3 is 15.7 Å². The molecular formula is C15H17ClN2O2S. The quantitative estimate of drug-likeness (QED) is 0.765.